The third-order valence-electron chi connectivity index (χ3n) is 8.30. The highest BCUT2D eigenvalue weighted by Crippen LogP contribution is 2.37. The van der Waals surface area contributed by atoms with Gasteiger partial charge < -0.3 is 31.9 Å². The van der Waals surface area contributed by atoms with Crippen molar-refractivity contribution in [1.82, 2.24) is 16.0 Å². The molecule has 0 aliphatic heterocycles. The molecule has 2 aliphatic carbocycles. The number of benzene rings is 1. The Hall–Kier alpha value is -3.48. The molecule has 0 bridgehead atoms. The summed E-state index contributed by atoms with van der Waals surface area (Å²) in [5.74, 6) is -2.98. The molecule has 244 valence electrons. The van der Waals surface area contributed by atoms with E-state index < -0.39 is 55.5 Å². The van der Waals surface area contributed by atoms with Crippen LogP contribution in [0.2, 0.25) is 0 Å². The molecule has 3 rings (SSSR count). The van der Waals surface area contributed by atoms with Crippen LogP contribution < -0.4 is 31.9 Å². The molecule has 0 unspecified atom stereocenters. The minimum Gasteiger partial charge on any atom is -0.404 e. The number of nitrogens with two attached hydrogens (primary N) is 2. The third-order valence-corrected chi connectivity index (χ3v) is 8.75. The molecule has 44 heavy (non-hydrogen) atoms. The molecule has 2 aliphatic rings. The second-order valence-corrected chi connectivity index (χ2v) is 13.0. The zero-order valence-corrected chi connectivity index (χ0v) is 25.7. The predicted molar refractivity (Wildman–Crippen MR) is 159 cm³/mol. The molecule has 1 aromatic rings. The van der Waals surface area contributed by atoms with E-state index in [-0.39, 0.29) is 37.3 Å². The van der Waals surface area contributed by atoms with Crippen molar-refractivity contribution in [1.29, 1.82) is 0 Å². The predicted octanol–water partition coefficient (Wildman–Crippen LogP) is 1.21. The van der Waals surface area contributed by atoms with Crippen molar-refractivity contribution < 1.29 is 42.8 Å². The molecule has 1 aromatic carbocycles. The number of hydrogen-bond acceptors (Lipinski definition) is 7. The standard InChI is InChI=1S/C29H44N5O9P/c30-24(35)18-22(26(31)37)33-28(39)29(15-5-2-6-16-29)34-27(38)23(32-25(36)14-11-19-7-3-1-4-8-19)17-20-9-12-21(13-10-20)43-44(40,41)42/h9-10,12-13,19,22-23H,1-8,11,14-18H2,(H2,30,35)(H2,31,37)(H,32,36)(H,33,39)(H,34,38)(H2,40,41,42)/t22-,23-/m0/s1. The second-order valence-electron chi connectivity index (χ2n) is 11.8. The Balaban J connectivity index is 1.79. The number of primary amides is 2. The van der Waals surface area contributed by atoms with E-state index in [4.69, 9.17) is 21.3 Å². The molecule has 0 spiro atoms. The van der Waals surface area contributed by atoms with Gasteiger partial charge in [0, 0.05) is 12.8 Å². The molecule has 14 nitrogen and oxygen atoms in total. The summed E-state index contributed by atoms with van der Waals surface area (Å²) in [6.45, 7) is 0. The number of carbonyl (C=O) groups is 5. The summed E-state index contributed by atoms with van der Waals surface area (Å²) < 4.78 is 15.8. The lowest BCUT2D eigenvalue weighted by Gasteiger charge is -2.38. The Morgan fingerprint density at radius 1 is 0.909 bits per heavy atom. The van der Waals surface area contributed by atoms with Crippen molar-refractivity contribution in [2.45, 2.75) is 108 Å². The first-order valence-corrected chi connectivity index (χ1v) is 16.6. The minimum absolute atomic E-state index is 0.0144. The summed E-state index contributed by atoms with van der Waals surface area (Å²) in [6.07, 6.45) is 8.67. The summed E-state index contributed by atoms with van der Waals surface area (Å²) >= 11 is 0. The number of phosphoric acid groups is 1. The number of rotatable bonds is 15. The average Bonchev–Trinajstić information content (AvgIpc) is 2.96. The van der Waals surface area contributed by atoms with E-state index >= 15 is 0 Å². The lowest BCUT2D eigenvalue weighted by Crippen LogP contribution is -2.65. The van der Waals surface area contributed by atoms with Gasteiger partial charge >= 0.3 is 7.82 Å². The van der Waals surface area contributed by atoms with Gasteiger partial charge in [-0.05, 0) is 42.9 Å². The fourth-order valence-electron chi connectivity index (χ4n) is 5.95. The summed E-state index contributed by atoms with van der Waals surface area (Å²) in [5, 5.41) is 8.14. The van der Waals surface area contributed by atoms with Crippen molar-refractivity contribution in [2.75, 3.05) is 0 Å². The van der Waals surface area contributed by atoms with Gasteiger partial charge in [-0.2, -0.15) is 0 Å². The normalized spacial score (nSPS) is 18.3. The molecule has 15 heteroatoms. The number of phosphoric ester groups is 1. The monoisotopic (exact) mass is 637 g/mol. The minimum atomic E-state index is -4.76. The number of hydrogen-bond donors (Lipinski definition) is 7. The molecular formula is C29H44N5O9P. The van der Waals surface area contributed by atoms with Gasteiger partial charge in [0.15, 0.2) is 0 Å². The first kappa shape index (κ1) is 35.0. The van der Waals surface area contributed by atoms with Gasteiger partial charge in [-0.15, -0.1) is 0 Å². The summed E-state index contributed by atoms with van der Waals surface area (Å²) in [6, 6.07) is 3.28. The van der Waals surface area contributed by atoms with Crippen molar-refractivity contribution in [3.05, 3.63) is 29.8 Å². The van der Waals surface area contributed by atoms with Crippen LogP contribution in [0.15, 0.2) is 24.3 Å². The molecule has 2 atom stereocenters. The third kappa shape index (κ3) is 11.2. The fourth-order valence-corrected chi connectivity index (χ4v) is 6.35. The van der Waals surface area contributed by atoms with Gasteiger partial charge in [0.1, 0.15) is 23.4 Å². The number of nitrogens with one attached hydrogen (secondary N) is 3. The van der Waals surface area contributed by atoms with E-state index in [0.717, 1.165) is 32.1 Å². The zero-order chi connectivity index (χ0) is 32.3. The average molecular weight is 638 g/mol. The summed E-state index contributed by atoms with van der Waals surface area (Å²) in [7, 11) is -4.76. The van der Waals surface area contributed by atoms with E-state index in [2.05, 4.69) is 20.5 Å². The Morgan fingerprint density at radius 3 is 2.09 bits per heavy atom. The van der Waals surface area contributed by atoms with Crippen LogP contribution in [-0.2, 0) is 35.0 Å². The Morgan fingerprint density at radius 2 is 1.52 bits per heavy atom. The van der Waals surface area contributed by atoms with Crippen LogP contribution in [0.4, 0.5) is 0 Å². The van der Waals surface area contributed by atoms with Crippen LogP contribution in [-0.4, -0.2) is 56.9 Å². The molecule has 2 saturated carbocycles. The molecular weight excluding hydrogens is 593 g/mol. The Kier molecular flexibility index (Phi) is 12.7. The van der Waals surface area contributed by atoms with Gasteiger partial charge in [-0.25, -0.2) is 4.57 Å². The maximum Gasteiger partial charge on any atom is 0.524 e. The lowest BCUT2D eigenvalue weighted by atomic mass is 9.80. The van der Waals surface area contributed by atoms with Crippen LogP contribution in [0.3, 0.4) is 0 Å². The molecule has 0 heterocycles. The summed E-state index contributed by atoms with van der Waals surface area (Å²) in [5.41, 5.74) is 9.74. The van der Waals surface area contributed by atoms with E-state index in [1.807, 2.05) is 0 Å². The summed E-state index contributed by atoms with van der Waals surface area (Å²) in [4.78, 5) is 81.9. The van der Waals surface area contributed by atoms with E-state index in [1.54, 1.807) is 0 Å². The first-order chi connectivity index (χ1) is 20.8. The number of amides is 5. The van der Waals surface area contributed by atoms with E-state index in [1.165, 1.54) is 30.7 Å². The molecule has 9 N–H and O–H groups in total. The molecule has 0 radical (unpaired) electrons. The van der Waals surface area contributed by atoms with E-state index in [0.29, 0.717) is 30.7 Å². The van der Waals surface area contributed by atoms with Crippen LogP contribution in [0.1, 0.15) is 89.0 Å². The fraction of sp³-hybridized carbons (Fsp3) is 0.621. The van der Waals surface area contributed by atoms with Crippen molar-refractivity contribution in [2.24, 2.45) is 17.4 Å². The van der Waals surface area contributed by atoms with Crippen molar-refractivity contribution in [3.63, 3.8) is 0 Å². The van der Waals surface area contributed by atoms with Crippen LogP contribution in [0.5, 0.6) is 5.75 Å². The Labute approximate surface area is 256 Å². The zero-order valence-electron chi connectivity index (χ0n) is 24.8. The maximum absolute atomic E-state index is 13.8. The molecule has 5 amide bonds. The Bertz CT molecular complexity index is 1220. The largest absolute Gasteiger partial charge is 0.524 e. The molecule has 0 saturated heterocycles. The van der Waals surface area contributed by atoms with E-state index in [9.17, 15) is 28.5 Å². The number of carbonyl (C=O) groups excluding carboxylic acids is 5. The first-order valence-electron chi connectivity index (χ1n) is 15.1. The van der Waals surface area contributed by atoms with Crippen LogP contribution in [0, 0.1) is 5.92 Å². The van der Waals surface area contributed by atoms with Crippen molar-refractivity contribution >= 4 is 37.4 Å². The van der Waals surface area contributed by atoms with Gasteiger partial charge in [-0.1, -0.05) is 63.5 Å². The highest BCUT2D eigenvalue weighted by molar-refractivity contribution is 7.46. The van der Waals surface area contributed by atoms with Gasteiger partial charge in [0.25, 0.3) is 0 Å². The van der Waals surface area contributed by atoms with Crippen LogP contribution >= 0.6 is 7.82 Å². The SMILES string of the molecule is NC(=O)C[C@H](NC(=O)C1(NC(=O)[C@H](Cc2ccc(OP(=O)(O)O)cc2)NC(=O)CCC2CCCCC2)CCCCC1)C(N)=O. The quantitative estimate of drug-likeness (QED) is 0.137. The molecule has 0 aromatic heterocycles. The molecule has 2 fully saturated rings. The lowest BCUT2D eigenvalue weighted by molar-refractivity contribution is -0.138. The van der Waals surface area contributed by atoms with Crippen molar-refractivity contribution in [3.8, 4) is 5.75 Å². The topological polar surface area (TPSA) is 240 Å². The van der Waals surface area contributed by atoms with Gasteiger partial charge in [-0.3, -0.25) is 33.8 Å². The van der Waals surface area contributed by atoms with Gasteiger partial charge in [0.05, 0.1) is 6.42 Å². The van der Waals surface area contributed by atoms with Gasteiger partial charge in [0.2, 0.25) is 29.5 Å². The maximum atomic E-state index is 13.8. The van der Waals surface area contributed by atoms with Crippen LogP contribution in [0.25, 0.3) is 0 Å². The second kappa shape index (κ2) is 16.0. The highest BCUT2D eigenvalue weighted by Gasteiger charge is 2.43. The smallest absolute Gasteiger partial charge is 0.404 e. The highest BCUT2D eigenvalue weighted by atomic mass is 31.2.